The summed E-state index contributed by atoms with van der Waals surface area (Å²) in [5.74, 6) is 1.75. The molecule has 1 aromatic heterocycles. The van der Waals surface area contributed by atoms with Crippen LogP contribution in [0.3, 0.4) is 0 Å². The Morgan fingerprint density at radius 1 is 1.33 bits per heavy atom. The zero-order valence-electron chi connectivity index (χ0n) is 12.2. The molecule has 3 unspecified atom stereocenters. The van der Waals surface area contributed by atoms with Gasteiger partial charge in [0.2, 0.25) is 0 Å². The lowest BCUT2D eigenvalue weighted by atomic mass is 9.79. The van der Waals surface area contributed by atoms with Crippen LogP contribution in [0.15, 0.2) is 17.5 Å². The SMILES string of the molecule is CC1CCC(NCC(C)(C)c2cccs2)C(C)C1. The molecule has 1 aliphatic carbocycles. The van der Waals surface area contributed by atoms with Crippen molar-refractivity contribution in [1.82, 2.24) is 5.32 Å². The van der Waals surface area contributed by atoms with Gasteiger partial charge < -0.3 is 5.32 Å². The second kappa shape index (κ2) is 5.75. The quantitative estimate of drug-likeness (QED) is 0.848. The van der Waals surface area contributed by atoms with Crippen molar-refractivity contribution in [3.05, 3.63) is 22.4 Å². The van der Waals surface area contributed by atoms with Gasteiger partial charge in [0.15, 0.2) is 0 Å². The van der Waals surface area contributed by atoms with Gasteiger partial charge in [0.1, 0.15) is 0 Å². The molecule has 0 bridgehead atoms. The first-order valence-corrected chi connectivity index (χ1v) is 8.14. The van der Waals surface area contributed by atoms with Gasteiger partial charge in [-0.25, -0.2) is 0 Å². The molecule has 2 heteroatoms. The van der Waals surface area contributed by atoms with Crippen molar-refractivity contribution in [2.45, 2.75) is 58.4 Å². The van der Waals surface area contributed by atoms with E-state index >= 15 is 0 Å². The smallest absolute Gasteiger partial charge is 0.0115 e. The minimum atomic E-state index is 0.261. The molecular formula is C16H27NS. The van der Waals surface area contributed by atoms with Crippen molar-refractivity contribution in [3.63, 3.8) is 0 Å². The predicted molar refractivity (Wildman–Crippen MR) is 81.3 cm³/mol. The van der Waals surface area contributed by atoms with E-state index in [1.165, 1.54) is 24.1 Å². The van der Waals surface area contributed by atoms with E-state index in [4.69, 9.17) is 0 Å². The molecule has 1 aliphatic rings. The molecule has 18 heavy (non-hydrogen) atoms. The fourth-order valence-corrected chi connectivity index (χ4v) is 3.96. The Labute approximate surface area is 116 Å². The molecule has 1 heterocycles. The first-order chi connectivity index (χ1) is 8.49. The van der Waals surface area contributed by atoms with Gasteiger partial charge in [-0.05, 0) is 42.5 Å². The molecular weight excluding hydrogens is 238 g/mol. The molecule has 0 amide bonds. The van der Waals surface area contributed by atoms with Gasteiger partial charge in [0, 0.05) is 22.9 Å². The summed E-state index contributed by atoms with van der Waals surface area (Å²) in [6.07, 6.45) is 4.13. The van der Waals surface area contributed by atoms with Gasteiger partial charge in [-0.3, -0.25) is 0 Å². The molecule has 0 spiro atoms. The molecule has 102 valence electrons. The van der Waals surface area contributed by atoms with E-state index in [2.05, 4.69) is 50.5 Å². The van der Waals surface area contributed by atoms with Gasteiger partial charge in [-0.15, -0.1) is 11.3 Å². The Hall–Kier alpha value is -0.340. The minimum Gasteiger partial charge on any atom is -0.313 e. The number of hydrogen-bond acceptors (Lipinski definition) is 2. The highest BCUT2D eigenvalue weighted by atomic mass is 32.1. The van der Waals surface area contributed by atoms with Crippen LogP contribution in [-0.2, 0) is 5.41 Å². The molecule has 1 nitrogen and oxygen atoms in total. The molecule has 2 rings (SSSR count). The van der Waals surface area contributed by atoms with E-state index in [9.17, 15) is 0 Å². The summed E-state index contributed by atoms with van der Waals surface area (Å²) in [5.41, 5.74) is 0.261. The highest BCUT2D eigenvalue weighted by molar-refractivity contribution is 7.10. The summed E-state index contributed by atoms with van der Waals surface area (Å²) in [5, 5.41) is 6.01. The maximum atomic E-state index is 3.83. The number of nitrogens with one attached hydrogen (secondary N) is 1. The van der Waals surface area contributed by atoms with Gasteiger partial charge in [-0.1, -0.05) is 33.8 Å². The van der Waals surface area contributed by atoms with Crippen LogP contribution >= 0.6 is 11.3 Å². The Bertz CT molecular complexity index is 355. The van der Waals surface area contributed by atoms with Crippen LogP contribution in [0.4, 0.5) is 0 Å². The fourth-order valence-electron chi connectivity index (χ4n) is 3.11. The fraction of sp³-hybridized carbons (Fsp3) is 0.750. The molecule has 1 aromatic rings. The summed E-state index contributed by atoms with van der Waals surface area (Å²) in [6.45, 7) is 10.6. The first-order valence-electron chi connectivity index (χ1n) is 7.26. The van der Waals surface area contributed by atoms with Crippen molar-refractivity contribution >= 4 is 11.3 Å². The zero-order valence-corrected chi connectivity index (χ0v) is 13.0. The average Bonchev–Trinajstić information content (AvgIpc) is 2.82. The third kappa shape index (κ3) is 3.36. The van der Waals surface area contributed by atoms with E-state index in [1.807, 2.05) is 11.3 Å². The van der Waals surface area contributed by atoms with Crippen LogP contribution < -0.4 is 5.32 Å². The van der Waals surface area contributed by atoms with Gasteiger partial charge in [-0.2, -0.15) is 0 Å². The monoisotopic (exact) mass is 265 g/mol. The molecule has 0 saturated heterocycles. The second-order valence-electron chi connectivity index (χ2n) is 6.74. The highest BCUT2D eigenvalue weighted by Crippen LogP contribution is 2.31. The highest BCUT2D eigenvalue weighted by Gasteiger charge is 2.28. The van der Waals surface area contributed by atoms with Crippen molar-refractivity contribution in [2.75, 3.05) is 6.54 Å². The third-order valence-electron chi connectivity index (χ3n) is 4.43. The van der Waals surface area contributed by atoms with Gasteiger partial charge >= 0.3 is 0 Å². The molecule has 1 fully saturated rings. The van der Waals surface area contributed by atoms with Crippen LogP contribution in [0.1, 0.15) is 51.8 Å². The van der Waals surface area contributed by atoms with Crippen molar-refractivity contribution in [1.29, 1.82) is 0 Å². The number of rotatable bonds is 4. The van der Waals surface area contributed by atoms with Crippen LogP contribution in [0.25, 0.3) is 0 Å². The van der Waals surface area contributed by atoms with Crippen molar-refractivity contribution < 1.29 is 0 Å². The average molecular weight is 265 g/mol. The maximum Gasteiger partial charge on any atom is 0.0115 e. The van der Waals surface area contributed by atoms with Crippen LogP contribution in [0.2, 0.25) is 0 Å². The number of hydrogen-bond donors (Lipinski definition) is 1. The largest absolute Gasteiger partial charge is 0.313 e. The molecule has 3 atom stereocenters. The van der Waals surface area contributed by atoms with E-state index in [0.717, 1.165) is 24.4 Å². The second-order valence-corrected chi connectivity index (χ2v) is 7.69. The lowest BCUT2D eigenvalue weighted by molar-refractivity contribution is 0.220. The molecule has 0 radical (unpaired) electrons. The summed E-state index contributed by atoms with van der Waals surface area (Å²) >= 11 is 1.88. The molecule has 0 aliphatic heterocycles. The van der Waals surface area contributed by atoms with E-state index < -0.39 is 0 Å². The Morgan fingerprint density at radius 3 is 2.72 bits per heavy atom. The van der Waals surface area contributed by atoms with Gasteiger partial charge in [0.25, 0.3) is 0 Å². The van der Waals surface area contributed by atoms with Crippen LogP contribution in [0.5, 0.6) is 0 Å². The first kappa shape index (κ1) is 14.1. The summed E-state index contributed by atoms with van der Waals surface area (Å²) in [7, 11) is 0. The van der Waals surface area contributed by atoms with Crippen LogP contribution in [-0.4, -0.2) is 12.6 Å². The normalized spacial score (nSPS) is 29.4. The standard InChI is InChI=1S/C16H27NS/c1-12-7-8-14(13(2)10-12)17-11-16(3,4)15-6-5-9-18-15/h5-6,9,12-14,17H,7-8,10-11H2,1-4H3. The third-order valence-corrected chi connectivity index (χ3v) is 5.66. The lowest BCUT2D eigenvalue weighted by Crippen LogP contribution is -2.44. The Balaban J connectivity index is 1.88. The molecule has 1 N–H and O–H groups in total. The molecule has 1 saturated carbocycles. The van der Waals surface area contributed by atoms with E-state index in [-0.39, 0.29) is 5.41 Å². The predicted octanol–water partition coefficient (Wildman–Crippen LogP) is 4.44. The van der Waals surface area contributed by atoms with Crippen molar-refractivity contribution in [2.24, 2.45) is 11.8 Å². The lowest BCUT2D eigenvalue weighted by Gasteiger charge is -2.36. The summed E-state index contributed by atoms with van der Waals surface area (Å²) < 4.78 is 0. The minimum absolute atomic E-state index is 0.261. The Kier molecular flexibility index (Phi) is 4.50. The topological polar surface area (TPSA) is 12.0 Å². The Morgan fingerprint density at radius 2 is 2.11 bits per heavy atom. The summed E-state index contributed by atoms with van der Waals surface area (Å²) in [4.78, 5) is 1.49. The van der Waals surface area contributed by atoms with E-state index in [0.29, 0.717) is 0 Å². The van der Waals surface area contributed by atoms with Crippen molar-refractivity contribution in [3.8, 4) is 0 Å². The summed E-state index contributed by atoms with van der Waals surface area (Å²) in [6, 6.07) is 5.14. The zero-order chi connectivity index (χ0) is 13.2. The van der Waals surface area contributed by atoms with Gasteiger partial charge in [0.05, 0.1) is 0 Å². The molecule has 0 aromatic carbocycles. The number of thiophene rings is 1. The van der Waals surface area contributed by atoms with E-state index in [1.54, 1.807) is 0 Å². The van der Waals surface area contributed by atoms with Crippen LogP contribution in [0, 0.1) is 11.8 Å². The maximum absolute atomic E-state index is 3.83.